The molecule has 2 aliphatic carbocycles. The molecular formula is C17H32. The fourth-order valence-electron chi connectivity index (χ4n) is 4.12. The summed E-state index contributed by atoms with van der Waals surface area (Å²) in [5.41, 5.74) is 0.628. The molecule has 0 spiro atoms. The highest BCUT2D eigenvalue weighted by molar-refractivity contribution is 4.80. The largest absolute Gasteiger partial charge is 0.0599 e. The molecule has 0 nitrogen and oxygen atoms in total. The monoisotopic (exact) mass is 236 g/mol. The predicted octanol–water partition coefficient (Wildman–Crippen LogP) is 5.95. The van der Waals surface area contributed by atoms with E-state index < -0.39 is 0 Å². The molecule has 2 saturated carbocycles. The molecule has 0 radical (unpaired) electrons. The molecule has 2 fully saturated rings. The van der Waals surface area contributed by atoms with Crippen molar-refractivity contribution in [3.05, 3.63) is 0 Å². The second-order valence-corrected chi connectivity index (χ2v) is 7.46. The van der Waals surface area contributed by atoms with Crippen molar-refractivity contribution < 1.29 is 0 Å². The SMILES string of the molecule is CC1(C)CCCC2CCCCCCCC2CC1. The van der Waals surface area contributed by atoms with Gasteiger partial charge in [-0.15, -0.1) is 0 Å². The summed E-state index contributed by atoms with van der Waals surface area (Å²) < 4.78 is 0. The highest BCUT2D eigenvalue weighted by Gasteiger charge is 2.28. The Morgan fingerprint density at radius 1 is 0.588 bits per heavy atom. The van der Waals surface area contributed by atoms with Crippen molar-refractivity contribution in [1.82, 2.24) is 0 Å². The van der Waals surface area contributed by atoms with Gasteiger partial charge >= 0.3 is 0 Å². The molecule has 2 rings (SSSR count). The van der Waals surface area contributed by atoms with Crippen LogP contribution >= 0.6 is 0 Å². The van der Waals surface area contributed by atoms with Gasteiger partial charge in [0.15, 0.2) is 0 Å². The van der Waals surface area contributed by atoms with E-state index in [1.807, 2.05) is 0 Å². The maximum Gasteiger partial charge on any atom is -0.0354 e. The fourth-order valence-corrected chi connectivity index (χ4v) is 4.12. The zero-order chi connectivity index (χ0) is 12.1. The van der Waals surface area contributed by atoms with Gasteiger partial charge in [-0.1, -0.05) is 71.6 Å². The molecule has 2 aliphatic rings. The second-order valence-electron chi connectivity index (χ2n) is 7.46. The molecule has 0 heterocycles. The Hall–Kier alpha value is 0. The van der Waals surface area contributed by atoms with Gasteiger partial charge in [0.2, 0.25) is 0 Å². The molecule has 2 unspecified atom stereocenters. The lowest BCUT2D eigenvalue weighted by molar-refractivity contribution is 0.167. The number of fused-ring (bicyclic) bond motifs is 1. The van der Waals surface area contributed by atoms with Gasteiger partial charge < -0.3 is 0 Å². The van der Waals surface area contributed by atoms with E-state index >= 15 is 0 Å². The summed E-state index contributed by atoms with van der Waals surface area (Å²) in [6, 6.07) is 0. The number of hydrogen-bond donors (Lipinski definition) is 0. The zero-order valence-electron chi connectivity index (χ0n) is 12.1. The van der Waals surface area contributed by atoms with Crippen molar-refractivity contribution in [3.8, 4) is 0 Å². The van der Waals surface area contributed by atoms with Crippen LogP contribution in [0, 0.1) is 17.3 Å². The maximum absolute atomic E-state index is 2.49. The molecule has 0 N–H and O–H groups in total. The van der Waals surface area contributed by atoms with E-state index in [-0.39, 0.29) is 0 Å². The molecule has 0 aromatic carbocycles. The molecule has 0 aromatic rings. The van der Waals surface area contributed by atoms with Crippen LogP contribution in [0.25, 0.3) is 0 Å². The van der Waals surface area contributed by atoms with Crippen LogP contribution in [0.2, 0.25) is 0 Å². The number of rotatable bonds is 0. The molecular weight excluding hydrogens is 204 g/mol. The van der Waals surface area contributed by atoms with Crippen molar-refractivity contribution in [2.75, 3.05) is 0 Å². The summed E-state index contributed by atoms with van der Waals surface area (Å²) in [5.74, 6) is 2.16. The van der Waals surface area contributed by atoms with Crippen LogP contribution in [0.3, 0.4) is 0 Å². The molecule has 0 bridgehead atoms. The second kappa shape index (κ2) is 6.25. The lowest BCUT2D eigenvalue weighted by atomic mass is 9.71. The third-order valence-corrected chi connectivity index (χ3v) is 5.44. The lowest BCUT2D eigenvalue weighted by Crippen LogP contribution is -2.23. The molecule has 0 amide bonds. The van der Waals surface area contributed by atoms with Crippen molar-refractivity contribution >= 4 is 0 Å². The summed E-state index contributed by atoms with van der Waals surface area (Å²) in [6.45, 7) is 4.98. The van der Waals surface area contributed by atoms with Crippen molar-refractivity contribution in [2.45, 2.75) is 90.9 Å². The Bertz CT molecular complexity index is 216. The fraction of sp³-hybridized carbons (Fsp3) is 1.00. The van der Waals surface area contributed by atoms with E-state index in [4.69, 9.17) is 0 Å². The summed E-state index contributed by atoms with van der Waals surface area (Å²) >= 11 is 0. The van der Waals surface area contributed by atoms with Crippen LogP contribution in [0.5, 0.6) is 0 Å². The average molecular weight is 236 g/mol. The topological polar surface area (TPSA) is 0 Å². The van der Waals surface area contributed by atoms with E-state index in [2.05, 4.69) is 13.8 Å². The molecule has 17 heavy (non-hydrogen) atoms. The first-order chi connectivity index (χ1) is 8.17. The Kier molecular flexibility index (Phi) is 4.94. The van der Waals surface area contributed by atoms with Crippen LogP contribution in [0.4, 0.5) is 0 Å². The average Bonchev–Trinajstić information content (AvgIpc) is 2.37. The van der Waals surface area contributed by atoms with Gasteiger partial charge in [-0.3, -0.25) is 0 Å². The molecule has 2 atom stereocenters. The minimum atomic E-state index is 0.628. The van der Waals surface area contributed by atoms with Crippen LogP contribution in [-0.4, -0.2) is 0 Å². The highest BCUT2D eigenvalue weighted by atomic mass is 14.3. The number of hydrogen-bond acceptors (Lipinski definition) is 0. The maximum atomic E-state index is 2.49. The molecule has 0 saturated heterocycles. The lowest BCUT2D eigenvalue weighted by Gasteiger charge is -2.35. The Morgan fingerprint density at radius 2 is 1.12 bits per heavy atom. The summed E-state index contributed by atoms with van der Waals surface area (Å²) in [6.07, 6.45) is 18.1. The highest BCUT2D eigenvalue weighted by Crippen LogP contribution is 2.41. The predicted molar refractivity (Wildman–Crippen MR) is 76.2 cm³/mol. The van der Waals surface area contributed by atoms with E-state index in [0.717, 1.165) is 11.8 Å². The quantitative estimate of drug-likeness (QED) is 0.487. The van der Waals surface area contributed by atoms with Gasteiger partial charge in [0.1, 0.15) is 0 Å². The first-order valence-electron chi connectivity index (χ1n) is 8.17. The van der Waals surface area contributed by atoms with Gasteiger partial charge in [-0.25, -0.2) is 0 Å². The third kappa shape index (κ3) is 4.30. The van der Waals surface area contributed by atoms with Gasteiger partial charge in [0.25, 0.3) is 0 Å². The van der Waals surface area contributed by atoms with Crippen molar-refractivity contribution in [2.24, 2.45) is 17.3 Å². The van der Waals surface area contributed by atoms with Crippen LogP contribution in [0.1, 0.15) is 90.9 Å². The normalized spacial score (nSPS) is 35.6. The van der Waals surface area contributed by atoms with Crippen LogP contribution in [-0.2, 0) is 0 Å². The van der Waals surface area contributed by atoms with Crippen LogP contribution < -0.4 is 0 Å². The van der Waals surface area contributed by atoms with Gasteiger partial charge in [-0.05, 0) is 36.5 Å². The Morgan fingerprint density at radius 3 is 1.82 bits per heavy atom. The molecule has 100 valence electrons. The van der Waals surface area contributed by atoms with E-state index in [9.17, 15) is 0 Å². The van der Waals surface area contributed by atoms with E-state index in [1.165, 1.54) is 64.2 Å². The minimum Gasteiger partial charge on any atom is -0.0599 e. The standard InChI is InChI=1S/C17H32/c1-17(2)13-8-11-15-9-6-4-3-5-7-10-16(15)12-14-17/h15-16H,3-14H2,1-2H3. The molecule has 0 heteroatoms. The van der Waals surface area contributed by atoms with Crippen molar-refractivity contribution in [1.29, 1.82) is 0 Å². The summed E-state index contributed by atoms with van der Waals surface area (Å²) in [5, 5.41) is 0. The van der Waals surface area contributed by atoms with Crippen LogP contribution in [0.15, 0.2) is 0 Å². The van der Waals surface area contributed by atoms with E-state index in [0.29, 0.717) is 5.41 Å². The zero-order valence-corrected chi connectivity index (χ0v) is 12.1. The Balaban J connectivity index is 1.95. The van der Waals surface area contributed by atoms with Crippen molar-refractivity contribution in [3.63, 3.8) is 0 Å². The van der Waals surface area contributed by atoms with E-state index in [1.54, 1.807) is 12.8 Å². The van der Waals surface area contributed by atoms with Gasteiger partial charge in [0.05, 0.1) is 0 Å². The smallest absolute Gasteiger partial charge is 0.0354 e. The van der Waals surface area contributed by atoms with Gasteiger partial charge in [-0.2, -0.15) is 0 Å². The summed E-state index contributed by atoms with van der Waals surface area (Å²) in [7, 11) is 0. The minimum absolute atomic E-state index is 0.628. The molecule has 0 aliphatic heterocycles. The van der Waals surface area contributed by atoms with Gasteiger partial charge in [0, 0.05) is 0 Å². The first kappa shape index (κ1) is 13.4. The molecule has 0 aromatic heterocycles. The Labute approximate surface area is 109 Å². The third-order valence-electron chi connectivity index (χ3n) is 5.44. The summed E-state index contributed by atoms with van der Waals surface area (Å²) in [4.78, 5) is 0. The first-order valence-corrected chi connectivity index (χ1v) is 8.17.